The largest absolute Gasteiger partial charge is 0.337 e. The van der Waals surface area contributed by atoms with E-state index in [1.807, 2.05) is 12.1 Å². The van der Waals surface area contributed by atoms with Crippen LogP contribution in [0, 0.1) is 22.7 Å². The van der Waals surface area contributed by atoms with E-state index in [1.165, 1.54) is 17.2 Å². The summed E-state index contributed by atoms with van der Waals surface area (Å²) in [7, 11) is 0. The van der Waals surface area contributed by atoms with Gasteiger partial charge in [-0.3, -0.25) is 4.79 Å². The zero-order valence-electron chi connectivity index (χ0n) is 9.64. The molecule has 0 aromatic carbocycles. The first-order valence-corrected chi connectivity index (χ1v) is 5.71. The van der Waals surface area contributed by atoms with Crippen LogP contribution in [-0.2, 0) is 0 Å². The Morgan fingerprint density at radius 3 is 2.33 bits per heavy atom. The molecule has 0 aliphatic heterocycles. The molecule has 1 amide bonds. The van der Waals surface area contributed by atoms with Gasteiger partial charge in [0.2, 0.25) is 0 Å². The molecular formula is C12H11ClN4O. The van der Waals surface area contributed by atoms with Gasteiger partial charge in [-0.25, -0.2) is 4.98 Å². The molecule has 5 nitrogen and oxygen atoms in total. The lowest BCUT2D eigenvalue weighted by Gasteiger charge is -2.20. The van der Waals surface area contributed by atoms with Gasteiger partial charge in [-0.1, -0.05) is 11.6 Å². The zero-order chi connectivity index (χ0) is 13.4. The first-order chi connectivity index (χ1) is 8.69. The number of halogens is 1. The minimum absolute atomic E-state index is 0.234. The van der Waals surface area contributed by atoms with Gasteiger partial charge in [0.15, 0.2) is 0 Å². The first-order valence-electron chi connectivity index (χ1n) is 5.33. The maximum Gasteiger partial charge on any atom is 0.255 e. The van der Waals surface area contributed by atoms with Crippen LogP contribution in [0.15, 0.2) is 18.3 Å². The highest BCUT2D eigenvalue weighted by Gasteiger charge is 2.15. The number of nitriles is 2. The van der Waals surface area contributed by atoms with E-state index in [0.717, 1.165) is 0 Å². The fourth-order valence-electron chi connectivity index (χ4n) is 1.37. The molecule has 0 aliphatic carbocycles. The molecule has 1 rings (SSSR count). The highest BCUT2D eigenvalue weighted by atomic mass is 35.5. The van der Waals surface area contributed by atoms with Crippen LogP contribution in [0.1, 0.15) is 23.2 Å². The fourth-order valence-corrected chi connectivity index (χ4v) is 1.48. The predicted molar refractivity (Wildman–Crippen MR) is 65.6 cm³/mol. The van der Waals surface area contributed by atoms with E-state index in [1.54, 1.807) is 6.07 Å². The Balaban J connectivity index is 2.78. The summed E-state index contributed by atoms with van der Waals surface area (Å²) in [6.07, 6.45) is 1.85. The quantitative estimate of drug-likeness (QED) is 0.760. The highest BCUT2D eigenvalue weighted by molar-refractivity contribution is 6.29. The molecule has 0 bridgehead atoms. The molecule has 0 spiro atoms. The molecule has 1 aromatic heterocycles. The van der Waals surface area contributed by atoms with Gasteiger partial charge in [0.25, 0.3) is 5.91 Å². The topological polar surface area (TPSA) is 80.8 Å². The number of nitrogens with zero attached hydrogens (tertiary/aromatic N) is 4. The molecule has 0 fully saturated rings. The highest BCUT2D eigenvalue weighted by Crippen LogP contribution is 2.09. The summed E-state index contributed by atoms with van der Waals surface area (Å²) in [5, 5.41) is 17.4. The average molecular weight is 263 g/mol. The van der Waals surface area contributed by atoms with Crippen molar-refractivity contribution in [3.05, 3.63) is 29.0 Å². The Labute approximate surface area is 110 Å². The van der Waals surface area contributed by atoms with Crippen molar-refractivity contribution in [3.63, 3.8) is 0 Å². The second kappa shape index (κ2) is 7.26. The van der Waals surface area contributed by atoms with E-state index in [0.29, 0.717) is 23.8 Å². The van der Waals surface area contributed by atoms with Crippen LogP contribution in [0.3, 0.4) is 0 Å². The van der Waals surface area contributed by atoms with Crippen molar-refractivity contribution in [1.82, 2.24) is 9.88 Å². The van der Waals surface area contributed by atoms with Gasteiger partial charge in [-0.15, -0.1) is 0 Å². The summed E-state index contributed by atoms with van der Waals surface area (Å²) < 4.78 is 0. The summed E-state index contributed by atoms with van der Waals surface area (Å²) in [5.41, 5.74) is 0.398. The van der Waals surface area contributed by atoms with Crippen LogP contribution in [0.25, 0.3) is 0 Å². The maximum absolute atomic E-state index is 12.1. The van der Waals surface area contributed by atoms with Crippen molar-refractivity contribution < 1.29 is 4.79 Å². The number of pyridine rings is 1. The van der Waals surface area contributed by atoms with E-state index in [4.69, 9.17) is 22.1 Å². The van der Waals surface area contributed by atoms with Crippen LogP contribution in [0.5, 0.6) is 0 Å². The minimum atomic E-state index is -0.246. The first kappa shape index (κ1) is 14.0. The summed E-state index contributed by atoms with van der Waals surface area (Å²) in [5.74, 6) is -0.246. The smallest absolute Gasteiger partial charge is 0.255 e. The minimum Gasteiger partial charge on any atom is -0.337 e. The maximum atomic E-state index is 12.1. The van der Waals surface area contributed by atoms with Crippen molar-refractivity contribution in [2.24, 2.45) is 0 Å². The van der Waals surface area contributed by atoms with E-state index in [2.05, 4.69) is 4.98 Å². The predicted octanol–water partition coefficient (Wildman–Crippen LogP) is 2.00. The van der Waals surface area contributed by atoms with Gasteiger partial charge < -0.3 is 4.90 Å². The van der Waals surface area contributed by atoms with Gasteiger partial charge in [-0.05, 0) is 12.1 Å². The Morgan fingerprint density at radius 1 is 1.28 bits per heavy atom. The molecular weight excluding hydrogens is 252 g/mol. The lowest BCUT2D eigenvalue weighted by Crippen LogP contribution is -2.32. The Bertz CT molecular complexity index is 468. The number of hydrogen-bond acceptors (Lipinski definition) is 4. The summed E-state index contributed by atoms with van der Waals surface area (Å²) in [6, 6.07) is 7.06. The van der Waals surface area contributed by atoms with Crippen LogP contribution < -0.4 is 0 Å². The molecule has 0 saturated heterocycles. The molecule has 0 aliphatic rings. The van der Waals surface area contributed by atoms with E-state index in [-0.39, 0.29) is 18.7 Å². The standard InChI is InChI=1S/C12H11ClN4O/c13-11-4-3-10(9-16-11)12(18)17(7-1-5-14)8-2-6-15/h3-4,9H,1-2,7-8H2. The number of aromatic nitrogens is 1. The van der Waals surface area contributed by atoms with Crippen LogP contribution in [0.2, 0.25) is 5.15 Å². The van der Waals surface area contributed by atoms with Crippen molar-refractivity contribution in [3.8, 4) is 12.1 Å². The third kappa shape index (κ3) is 4.04. The van der Waals surface area contributed by atoms with Crippen LogP contribution in [0.4, 0.5) is 0 Å². The van der Waals surface area contributed by atoms with Crippen molar-refractivity contribution in [2.45, 2.75) is 12.8 Å². The van der Waals surface area contributed by atoms with Crippen molar-refractivity contribution >= 4 is 17.5 Å². The monoisotopic (exact) mass is 262 g/mol. The number of hydrogen-bond donors (Lipinski definition) is 0. The number of carbonyl (C=O) groups is 1. The van der Waals surface area contributed by atoms with Crippen LogP contribution in [-0.4, -0.2) is 28.9 Å². The second-order valence-corrected chi connectivity index (χ2v) is 3.87. The fraction of sp³-hybridized carbons (Fsp3) is 0.333. The molecule has 1 aromatic rings. The summed E-state index contributed by atoms with van der Waals surface area (Å²) in [6.45, 7) is 0.610. The lowest BCUT2D eigenvalue weighted by molar-refractivity contribution is 0.0762. The van der Waals surface area contributed by atoms with E-state index < -0.39 is 0 Å². The molecule has 0 radical (unpaired) electrons. The number of carbonyl (C=O) groups excluding carboxylic acids is 1. The van der Waals surface area contributed by atoms with E-state index in [9.17, 15) is 4.79 Å². The Kier molecular flexibility index (Phi) is 5.63. The normalized spacial score (nSPS) is 9.28. The Hall–Kier alpha value is -2.11. The van der Waals surface area contributed by atoms with Gasteiger partial charge in [-0.2, -0.15) is 10.5 Å². The summed E-state index contributed by atoms with van der Waals surface area (Å²) in [4.78, 5) is 17.4. The molecule has 0 unspecified atom stereocenters. The van der Waals surface area contributed by atoms with Gasteiger partial charge in [0, 0.05) is 19.3 Å². The zero-order valence-corrected chi connectivity index (χ0v) is 10.4. The Morgan fingerprint density at radius 2 is 1.89 bits per heavy atom. The van der Waals surface area contributed by atoms with Gasteiger partial charge in [0.05, 0.1) is 30.5 Å². The number of amides is 1. The molecule has 18 heavy (non-hydrogen) atoms. The molecule has 92 valence electrons. The molecule has 0 N–H and O–H groups in total. The summed E-state index contributed by atoms with van der Waals surface area (Å²) >= 11 is 5.64. The molecule has 1 heterocycles. The molecule has 0 atom stereocenters. The third-order valence-corrected chi connectivity index (χ3v) is 2.47. The van der Waals surface area contributed by atoms with Gasteiger partial charge in [0.1, 0.15) is 5.15 Å². The van der Waals surface area contributed by atoms with Gasteiger partial charge >= 0.3 is 0 Å². The van der Waals surface area contributed by atoms with E-state index >= 15 is 0 Å². The lowest BCUT2D eigenvalue weighted by atomic mass is 10.2. The SMILES string of the molecule is N#CCCN(CCC#N)C(=O)c1ccc(Cl)nc1. The molecule has 6 heteroatoms. The number of rotatable bonds is 5. The third-order valence-electron chi connectivity index (χ3n) is 2.25. The average Bonchev–Trinajstić information content (AvgIpc) is 2.39. The van der Waals surface area contributed by atoms with Crippen molar-refractivity contribution in [1.29, 1.82) is 10.5 Å². The second-order valence-electron chi connectivity index (χ2n) is 3.48. The molecule has 0 saturated carbocycles. The van der Waals surface area contributed by atoms with Crippen molar-refractivity contribution in [2.75, 3.05) is 13.1 Å². The van der Waals surface area contributed by atoms with Crippen LogP contribution >= 0.6 is 11.6 Å².